The van der Waals surface area contributed by atoms with Gasteiger partial charge in [-0.25, -0.2) is 0 Å². The maximum atomic E-state index is 10.6. The smallest absolute Gasteiger partial charge is 0.320 e. The Bertz CT molecular complexity index is 201. The van der Waals surface area contributed by atoms with Gasteiger partial charge in [-0.2, -0.15) is 0 Å². The van der Waals surface area contributed by atoms with Gasteiger partial charge in [0.05, 0.1) is 6.61 Å². The molecule has 14 heavy (non-hydrogen) atoms. The monoisotopic (exact) mass is 203 g/mol. The Labute approximate surface area is 83.4 Å². The Hall–Kier alpha value is -0.650. The molecule has 82 valence electrons. The van der Waals surface area contributed by atoms with E-state index in [0.717, 1.165) is 6.42 Å². The second-order valence-corrected chi connectivity index (χ2v) is 3.63. The van der Waals surface area contributed by atoms with Gasteiger partial charge in [0.15, 0.2) is 0 Å². The van der Waals surface area contributed by atoms with Crippen molar-refractivity contribution in [1.82, 2.24) is 5.32 Å². The van der Waals surface area contributed by atoms with Crippen LogP contribution >= 0.6 is 0 Å². The summed E-state index contributed by atoms with van der Waals surface area (Å²) in [6.45, 7) is 3.33. The molecule has 1 aliphatic heterocycles. The Kier molecular flexibility index (Phi) is 3.86. The van der Waals surface area contributed by atoms with Gasteiger partial charge < -0.3 is 19.9 Å². The van der Waals surface area contributed by atoms with Crippen LogP contribution in [0.3, 0.4) is 0 Å². The molecule has 0 aliphatic carbocycles. The molecule has 5 heteroatoms. The van der Waals surface area contributed by atoms with Crippen molar-refractivity contribution in [3.05, 3.63) is 0 Å². The minimum Gasteiger partial charge on any atom is -0.480 e. The molecule has 0 saturated carbocycles. The number of hydrogen-bond acceptors (Lipinski definition) is 4. The van der Waals surface area contributed by atoms with Crippen LogP contribution in [0.1, 0.15) is 13.3 Å². The molecule has 0 bridgehead atoms. The highest BCUT2D eigenvalue weighted by atomic mass is 16.5. The van der Waals surface area contributed by atoms with Gasteiger partial charge in [0.2, 0.25) is 0 Å². The highest BCUT2D eigenvalue weighted by Gasteiger charge is 2.35. The van der Waals surface area contributed by atoms with Crippen LogP contribution in [-0.4, -0.2) is 49.6 Å². The molecule has 1 saturated heterocycles. The fourth-order valence-electron chi connectivity index (χ4n) is 1.39. The molecule has 1 fully saturated rings. The van der Waals surface area contributed by atoms with E-state index in [0.29, 0.717) is 19.8 Å². The summed E-state index contributed by atoms with van der Waals surface area (Å²) in [5.74, 6) is -0.852. The molecule has 0 radical (unpaired) electrons. The van der Waals surface area contributed by atoms with Crippen LogP contribution in [0.15, 0.2) is 0 Å². The highest BCUT2D eigenvalue weighted by Crippen LogP contribution is 2.21. The molecule has 0 aromatic carbocycles. The Morgan fingerprint density at radius 1 is 1.79 bits per heavy atom. The fraction of sp³-hybridized carbons (Fsp3) is 0.889. The molecule has 2 unspecified atom stereocenters. The topological polar surface area (TPSA) is 67.8 Å². The summed E-state index contributed by atoms with van der Waals surface area (Å²) in [7, 11) is 1.63. The first-order valence-electron chi connectivity index (χ1n) is 4.69. The maximum absolute atomic E-state index is 10.6. The summed E-state index contributed by atoms with van der Waals surface area (Å²) in [5.41, 5.74) is -0.344. The lowest BCUT2D eigenvalue weighted by Gasteiger charge is -2.27. The summed E-state index contributed by atoms with van der Waals surface area (Å²) < 4.78 is 10.6. The van der Waals surface area contributed by atoms with Crippen LogP contribution in [0.5, 0.6) is 0 Å². The molecule has 2 N–H and O–H groups in total. The van der Waals surface area contributed by atoms with Crippen LogP contribution in [0, 0.1) is 0 Å². The zero-order valence-corrected chi connectivity index (χ0v) is 8.58. The Morgan fingerprint density at radius 3 is 2.93 bits per heavy atom. The van der Waals surface area contributed by atoms with Crippen LogP contribution in [0.4, 0.5) is 0 Å². The van der Waals surface area contributed by atoms with Crippen LogP contribution in [-0.2, 0) is 14.3 Å². The standard InChI is InChI=1S/C9H17NO4/c1-7(8(11)12)10-5-9(13-2)3-4-14-6-9/h7,10H,3-6H2,1-2H3,(H,11,12). The lowest BCUT2D eigenvalue weighted by atomic mass is 10.0. The SMILES string of the molecule is COC1(CNC(C)C(=O)O)CCOC1. The summed E-state index contributed by atoms with van der Waals surface area (Å²) in [4.78, 5) is 10.6. The number of aliphatic carboxylic acids is 1. The minimum absolute atomic E-state index is 0.344. The van der Waals surface area contributed by atoms with Crippen molar-refractivity contribution in [1.29, 1.82) is 0 Å². The summed E-state index contributed by atoms with van der Waals surface area (Å²) in [6, 6.07) is -0.553. The van der Waals surface area contributed by atoms with E-state index in [2.05, 4.69) is 5.32 Å². The first-order valence-corrected chi connectivity index (χ1v) is 4.69. The molecule has 5 nitrogen and oxygen atoms in total. The van der Waals surface area contributed by atoms with Crippen molar-refractivity contribution in [3.63, 3.8) is 0 Å². The van der Waals surface area contributed by atoms with Crippen LogP contribution in [0.25, 0.3) is 0 Å². The predicted molar refractivity (Wildman–Crippen MR) is 50.3 cm³/mol. The van der Waals surface area contributed by atoms with Gasteiger partial charge in [0.25, 0.3) is 0 Å². The Balaban J connectivity index is 2.38. The predicted octanol–water partition coefficient (Wildman–Crippen LogP) is -0.145. The van der Waals surface area contributed by atoms with Gasteiger partial charge in [-0.05, 0) is 6.92 Å². The molecule has 1 rings (SSSR count). The average Bonchev–Trinajstić information content (AvgIpc) is 2.63. The van der Waals surface area contributed by atoms with Gasteiger partial charge in [-0.1, -0.05) is 0 Å². The molecular weight excluding hydrogens is 186 g/mol. The minimum atomic E-state index is -0.852. The third kappa shape index (κ3) is 2.67. The maximum Gasteiger partial charge on any atom is 0.320 e. The van der Waals surface area contributed by atoms with Crippen molar-refractivity contribution in [2.24, 2.45) is 0 Å². The fourth-order valence-corrected chi connectivity index (χ4v) is 1.39. The van der Waals surface area contributed by atoms with E-state index in [1.165, 1.54) is 0 Å². The van der Waals surface area contributed by atoms with Crippen molar-refractivity contribution < 1.29 is 19.4 Å². The molecule has 0 spiro atoms. The third-order valence-electron chi connectivity index (χ3n) is 2.60. The Morgan fingerprint density at radius 2 is 2.50 bits per heavy atom. The van der Waals surface area contributed by atoms with E-state index < -0.39 is 12.0 Å². The summed E-state index contributed by atoms with van der Waals surface area (Å²) in [6.07, 6.45) is 0.808. The first-order chi connectivity index (χ1) is 6.59. The number of carboxylic acids is 1. The molecule has 2 atom stereocenters. The van der Waals surface area contributed by atoms with E-state index in [9.17, 15) is 4.79 Å². The van der Waals surface area contributed by atoms with Gasteiger partial charge >= 0.3 is 5.97 Å². The van der Waals surface area contributed by atoms with E-state index in [1.807, 2.05) is 0 Å². The van der Waals surface area contributed by atoms with Gasteiger partial charge in [0.1, 0.15) is 11.6 Å². The molecule has 0 aromatic heterocycles. The second-order valence-electron chi connectivity index (χ2n) is 3.63. The number of rotatable bonds is 5. The largest absolute Gasteiger partial charge is 0.480 e. The molecule has 1 heterocycles. The van der Waals surface area contributed by atoms with Crippen molar-refractivity contribution in [2.45, 2.75) is 25.0 Å². The zero-order valence-electron chi connectivity index (χ0n) is 8.58. The molecule has 0 amide bonds. The van der Waals surface area contributed by atoms with Crippen molar-refractivity contribution in [3.8, 4) is 0 Å². The summed E-state index contributed by atoms with van der Waals surface area (Å²) in [5, 5.41) is 11.6. The first kappa shape index (κ1) is 11.4. The zero-order chi connectivity index (χ0) is 10.6. The van der Waals surface area contributed by atoms with E-state index >= 15 is 0 Å². The van der Waals surface area contributed by atoms with E-state index in [-0.39, 0.29) is 5.60 Å². The lowest BCUT2D eigenvalue weighted by molar-refractivity contribution is -0.139. The number of carboxylic acid groups (broad SMARTS) is 1. The lowest BCUT2D eigenvalue weighted by Crippen LogP contribution is -2.47. The number of hydrogen-bond donors (Lipinski definition) is 2. The normalized spacial score (nSPS) is 29.0. The third-order valence-corrected chi connectivity index (χ3v) is 2.60. The molecular formula is C9H17NO4. The van der Waals surface area contributed by atoms with Gasteiger partial charge in [-0.3, -0.25) is 4.79 Å². The van der Waals surface area contributed by atoms with E-state index in [4.69, 9.17) is 14.6 Å². The molecule has 0 aromatic rings. The average molecular weight is 203 g/mol. The van der Waals surface area contributed by atoms with Crippen molar-refractivity contribution in [2.75, 3.05) is 26.9 Å². The number of ether oxygens (including phenoxy) is 2. The second kappa shape index (κ2) is 4.72. The quantitative estimate of drug-likeness (QED) is 0.650. The highest BCUT2D eigenvalue weighted by molar-refractivity contribution is 5.72. The van der Waals surface area contributed by atoms with Gasteiger partial charge in [-0.15, -0.1) is 0 Å². The number of carbonyl (C=O) groups is 1. The number of methoxy groups -OCH3 is 1. The number of nitrogens with one attached hydrogen (secondary N) is 1. The van der Waals surface area contributed by atoms with Gasteiger partial charge in [0, 0.05) is 26.7 Å². The van der Waals surface area contributed by atoms with Crippen LogP contribution < -0.4 is 5.32 Å². The molecule has 1 aliphatic rings. The van der Waals surface area contributed by atoms with Crippen molar-refractivity contribution >= 4 is 5.97 Å². The van der Waals surface area contributed by atoms with E-state index in [1.54, 1.807) is 14.0 Å². The summed E-state index contributed by atoms with van der Waals surface area (Å²) >= 11 is 0. The van der Waals surface area contributed by atoms with Crippen LogP contribution in [0.2, 0.25) is 0 Å².